The Bertz CT molecular complexity index is 827. The van der Waals surface area contributed by atoms with Crippen LogP contribution in [0.1, 0.15) is 36.0 Å². The van der Waals surface area contributed by atoms with Gasteiger partial charge in [-0.05, 0) is 17.5 Å². The summed E-state index contributed by atoms with van der Waals surface area (Å²) in [5.41, 5.74) is 3.33. The molecule has 4 heteroatoms. The molecule has 4 nitrogen and oxygen atoms in total. The average molecular weight is 347 g/mol. The van der Waals surface area contributed by atoms with E-state index in [0.717, 1.165) is 24.1 Å². The number of rotatable bonds is 7. The highest BCUT2D eigenvalue weighted by atomic mass is 16.2. The summed E-state index contributed by atoms with van der Waals surface area (Å²) in [6, 6.07) is 20.2. The molecule has 0 spiro atoms. The number of amides is 1. The van der Waals surface area contributed by atoms with Crippen molar-refractivity contribution in [2.75, 3.05) is 7.05 Å². The van der Waals surface area contributed by atoms with E-state index in [2.05, 4.69) is 24.2 Å². The van der Waals surface area contributed by atoms with Gasteiger partial charge in [0.05, 0.1) is 18.7 Å². The number of aromatic nitrogens is 2. The lowest BCUT2D eigenvalue weighted by molar-refractivity contribution is -0.132. The van der Waals surface area contributed by atoms with Crippen LogP contribution in [0.15, 0.2) is 73.1 Å². The van der Waals surface area contributed by atoms with E-state index in [4.69, 9.17) is 0 Å². The minimum Gasteiger partial charge on any atom is -0.341 e. The second-order valence-corrected chi connectivity index (χ2v) is 6.60. The lowest BCUT2D eigenvalue weighted by Gasteiger charge is -2.23. The van der Waals surface area contributed by atoms with Gasteiger partial charge in [-0.15, -0.1) is 0 Å². The van der Waals surface area contributed by atoms with Gasteiger partial charge in [0.1, 0.15) is 0 Å². The maximum absolute atomic E-state index is 12.9. The summed E-state index contributed by atoms with van der Waals surface area (Å²) in [6.45, 7) is 3.36. The molecule has 0 aliphatic carbocycles. The highest BCUT2D eigenvalue weighted by molar-refractivity contribution is 5.83. The quantitative estimate of drug-likeness (QED) is 0.646. The second kappa shape index (κ2) is 8.48. The number of benzene rings is 2. The van der Waals surface area contributed by atoms with Crippen molar-refractivity contribution < 1.29 is 4.79 Å². The zero-order valence-corrected chi connectivity index (χ0v) is 15.4. The third kappa shape index (κ3) is 4.39. The van der Waals surface area contributed by atoms with Crippen LogP contribution in [0.3, 0.4) is 0 Å². The highest BCUT2D eigenvalue weighted by Crippen LogP contribution is 2.22. The molecule has 1 aromatic heterocycles. The predicted molar refractivity (Wildman–Crippen MR) is 104 cm³/mol. The number of carbonyl (C=O) groups is 1. The smallest absolute Gasteiger partial charge is 0.230 e. The van der Waals surface area contributed by atoms with E-state index in [9.17, 15) is 4.79 Å². The van der Waals surface area contributed by atoms with Crippen LogP contribution in [0.4, 0.5) is 0 Å². The van der Waals surface area contributed by atoms with E-state index in [1.54, 1.807) is 4.90 Å². The second-order valence-electron chi connectivity index (χ2n) is 6.60. The lowest BCUT2D eigenvalue weighted by Crippen LogP contribution is -2.31. The normalized spacial score (nSPS) is 11.9. The standard InChI is InChI=1S/C22H25N3O/c1-3-21(20-12-8-5-9-13-20)22(26)24(2)15-19-14-23-25(17-19)16-18-10-6-4-7-11-18/h4-14,17,21H,3,15-16H2,1-2H3/t21-/m1/s1. The first-order chi connectivity index (χ1) is 12.7. The van der Waals surface area contributed by atoms with Gasteiger partial charge in [0.15, 0.2) is 0 Å². The molecule has 3 aromatic rings. The highest BCUT2D eigenvalue weighted by Gasteiger charge is 2.22. The van der Waals surface area contributed by atoms with Crippen LogP contribution in [-0.2, 0) is 17.9 Å². The van der Waals surface area contributed by atoms with Crippen molar-refractivity contribution in [1.82, 2.24) is 14.7 Å². The molecule has 0 saturated carbocycles. The molecule has 1 amide bonds. The van der Waals surface area contributed by atoms with Gasteiger partial charge >= 0.3 is 0 Å². The van der Waals surface area contributed by atoms with Gasteiger partial charge in [-0.25, -0.2) is 0 Å². The van der Waals surface area contributed by atoms with E-state index >= 15 is 0 Å². The summed E-state index contributed by atoms with van der Waals surface area (Å²) in [6.07, 6.45) is 4.65. The Morgan fingerprint density at radius 2 is 1.69 bits per heavy atom. The minimum atomic E-state index is -0.0967. The van der Waals surface area contributed by atoms with E-state index in [-0.39, 0.29) is 11.8 Å². The van der Waals surface area contributed by atoms with Crippen molar-refractivity contribution in [3.05, 3.63) is 89.7 Å². The monoisotopic (exact) mass is 347 g/mol. The molecule has 3 rings (SSSR count). The Kier molecular flexibility index (Phi) is 5.84. The molecule has 1 atom stereocenters. The Balaban J connectivity index is 1.64. The van der Waals surface area contributed by atoms with Gasteiger partial charge in [-0.3, -0.25) is 9.48 Å². The van der Waals surface area contributed by atoms with Gasteiger partial charge in [-0.1, -0.05) is 67.6 Å². The summed E-state index contributed by atoms with van der Waals surface area (Å²) < 4.78 is 1.91. The SMILES string of the molecule is CC[C@@H](C(=O)N(C)Cc1cnn(Cc2ccccc2)c1)c1ccccc1. The predicted octanol–water partition coefficient (Wildman–Crippen LogP) is 4.08. The Morgan fingerprint density at radius 1 is 1.04 bits per heavy atom. The van der Waals surface area contributed by atoms with Crippen LogP contribution >= 0.6 is 0 Å². The molecule has 0 aliphatic rings. The summed E-state index contributed by atoms with van der Waals surface area (Å²) in [5.74, 6) is 0.0510. The fourth-order valence-electron chi connectivity index (χ4n) is 3.20. The number of hydrogen-bond acceptors (Lipinski definition) is 2. The first kappa shape index (κ1) is 17.9. The van der Waals surface area contributed by atoms with Crippen molar-refractivity contribution in [1.29, 1.82) is 0 Å². The topological polar surface area (TPSA) is 38.1 Å². The summed E-state index contributed by atoms with van der Waals surface area (Å²) in [7, 11) is 1.86. The van der Waals surface area contributed by atoms with Crippen LogP contribution in [0.5, 0.6) is 0 Å². The van der Waals surface area contributed by atoms with Gasteiger partial charge in [-0.2, -0.15) is 5.10 Å². The van der Waals surface area contributed by atoms with E-state index in [1.807, 2.05) is 72.7 Å². The number of carbonyl (C=O) groups excluding carboxylic acids is 1. The Labute approximate surface area is 155 Å². The molecular formula is C22H25N3O. The Morgan fingerprint density at radius 3 is 2.35 bits per heavy atom. The maximum atomic E-state index is 12.9. The fourth-order valence-corrected chi connectivity index (χ4v) is 3.20. The molecule has 0 aliphatic heterocycles. The first-order valence-electron chi connectivity index (χ1n) is 9.02. The van der Waals surface area contributed by atoms with Crippen LogP contribution in [-0.4, -0.2) is 27.6 Å². The number of nitrogens with zero attached hydrogens (tertiary/aromatic N) is 3. The lowest BCUT2D eigenvalue weighted by atomic mass is 9.95. The molecule has 0 unspecified atom stereocenters. The first-order valence-corrected chi connectivity index (χ1v) is 9.02. The van der Waals surface area contributed by atoms with Crippen molar-refractivity contribution in [3.63, 3.8) is 0 Å². The average Bonchev–Trinajstić information content (AvgIpc) is 3.10. The molecule has 0 radical (unpaired) electrons. The van der Waals surface area contributed by atoms with Crippen molar-refractivity contribution in [2.24, 2.45) is 0 Å². The number of hydrogen-bond donors (Lipinski definition) is 0. The fraction of sp³-hybridized carbons (Fsp3) is 0.273. The Hall–Kier alpha value is -2.88. The third-order valence-corrected chi connectivity index (χ3v) is 4.58. The molecule has 0 bridgehead atoms. The van der Waals surface area contributed by atoms with Crippen LogP contribution in [0.2, 0.25) is 0 Å². The van der Waals surface area contributed by atoms with Gasteiger partial charge in [0, 0.05) is 25.4 Å². The molecule has 2 aromatic carbocycles. The maximum Gasteiger partial charge on any atom is 0.230 e. The number of likely N-dealkylation sites (N-methyl/N-ethyl adjacent to an activating group) is 1. The molecule has 0 fully saturated rings. The minimum absolute atomic E-state index is 0.0967. The summed E-state index contributed by atoms with van der Waals surface area (Å²) >= 11 is 0. The van der Waals surface area contributed by atoms with Crippen LogP contribution < -0.4 is 0 Å². The molecule has 0 N–H and O–H groups in total. The zero-order chi connectivity index (χ0) is 18.4. The van der Waals surface area contributed by atoms with Crippen molar-refractivity contribution in [3.8, 4) is 0 Å². The molecule has 134 valence electrons. The molecule has 26 heavy (non-hydrogen) atoms. The van der Waals surface area contributed by atoms with Crippen molar-refractivity contribution >= 4 is 5.91 Å². The van der Waals surface area contributed by atoms with E-state index in [1.165, 1.54) is 5.56 Å². The molecule has 1 heterocycles. The van der Waals surface area contributed by atoms with Crippen LogP contribution in [0, 0.1) is 0 Å². The largest absolute Gasteiger partial charge is 0.341 e. The van der Waals surface area contributed by atoms with Crippen LogP contribution in [0.25, 0.3) is 0 Å². The summed E-state index contributed by atoms with van der Waals surface area (Å²) in [4.78, 5) is 14.7. The zero-order valence-electron chi connectivity index (χ0n) is 15.4. The van der Waals surface area contributed by atoms with Crippen molar-refractivity contribution in [2.45, 2.75) is 32.4 Å². The van der Waals surface area contributed by atoms with E-state index in [0.29, 0.717) is 6.54 Å². The van der Waals surface area contributed by atoms with Gasteiger partial charge in [0.25, 0.3) is 0 Å². The van der Waals surface area contributed by atoms with E-state index < -0.39 is 0 Å². The summed E-state index contributed by atoms with van der Waals surface area (Å²) in [5, 5.41) is 4.43. The van der Waals surface area contributed by atoms with Gasteiger partial charge in [0.2, 0.25) is 5.91 Å². The third-order valence-electron chi connectivity index (χ3n) is 4.58. The molecule has 0 saturated heterocycles. The van der Waals surface area contributed by atoms with Gasteiger partial charge < -0.3 is 4.90 Å². The molecular weight excluding hydrogens is 322 g/mol.